The Bertz CT molecular complexity index is 813. The van der Waals surface area contributed by atoms with E-state index < -0.39 is 0 Å². The molecule has 1 amide bonds. The molecule has 0 saturated heterocycles. The van der Waals surface area contributed by atoms with Crippen molar-refractivity contribution in [3.05, 3.63) is 71.9 Å². The van der Waals surface area contributed by atoms with Crippen molar-refractivity contribution in [2.24, 2.45) is 0 Å². The first-order valence-corrected chi connectivity index (χ1v) is 8.02. The summed E-state index contributed by atoms with van der Waals surface area (Å²) in [4.78, 5) is 16.3. The molecule has 0 atom stereocenters. The van der Waals surface area contributed by atoms with E-state index >= 15 is 0 Å². The van der Waals surface area contributed by atoms with Gasteiger partial charge in [-0.05, 0) is 36.2 Å². The molecule has 0 spiro atoms. The number of aromatic nitrogens is 2. The van der Waals surface area contributed by atoms with E-state index in [4.69, 9.17) is 9.26 Å². The molecule has 0 aliphatic rings. The van der Waals surface area contributed by atoms with Gasteiger partial charge in [-0.15, -0.1) is 0 Å². The fourth-order valence-electron chi connectivity index (χ4n) is 2.38. The number of carbonyl (C=O) groups excluding carboxylic acids is 1. The second kappa shape index (κ2) is 8.10. The van der Waals surface area contributed by atoms with Gasteiger partial charge in [-0.25, -0.2) is 0 Å². The topological polar surface area (TPSA) is 77.2 Å². The number of para-hydroxylation sites is 1. The van der Waals surface area contributed by atoms with Crippen molar-refractivity contribution in [3.8, 4) is 5.75 Å². The van der Waals surface area contributed by atoms with Crippen LogP contribution in [0.5, 0.6) is 5.75 Å². The van der Waals surface area contributed by atoms with Crippen LogP contribution in [0, 0.1) is 0 Å². The summed E-state index contributed by atoms with van der Waals surface area (Å²) in [5.74, 6) is 1.57. The number of hydrogen-bond acceptors (Lipinski definition) is 5. The molecule has 2 aromatic carbocycles. The number of rotatable bonds is 7. The minimum absolute atomic E-state index is 0.0843. The van der Waals surface area contributed by atoms with Crippen molar-refractivity contribution in [1.29, 1.82) is 0 Å². The van der Waals surface area contributed by atoms with E-state index in [1.807, 2.05) is 54.6 Å². The summed E-state index contributed by atoms with van der Waals surface area (Å²) in [6, 6.07) is 17.1. The lowest BCUT2D eigenvalue weighted by atomic mass is 10.1. The fourth-order valence-corrected chi connectivity index (χ4v) is 2.38. The minimum Gasteiger partial charge on any atom is -0.497 e. The summed E-state index contributed by atoms with van der Waals surface area (Å²) >= 11 is 0. The van der Waals surface area contributed by atoms with E-state index in [2.05, 4.69) is 15.5 Å². The summed E-state index contributed by atoms with van der Waals surface area (Å²) in [6.07, 6.45) is 1.49. The second-order valence-corrected chi connectivity index (χ2v) is 5.54. The zero-order valence-electron chi connectivity index (χ0n) is 13.9. The molecule has 0 bridgehead atoms. The van der Waals surface area contributed by atoms with Crippen LogP contribution in [-0.4, -0.2) is 23.2 Å². The number of anilines is 1. The lowest BCUT2D eigenvalue weighted by Crippen LogP contribution is -2.15. The first-order chi connectivity index (χ1) is 12.2. The highest BCUT2D eigenvalue weighted by Crippen LogP contribution is 2.13. The van der Waals surface area contributed by atoms with Gasteiger partial charge in [0.2, 0.25) is 11.8 Å². The number of hydrogen-bond donors (Lipinski definition) is 1. The number of nitrogens with zero attached hydrogens (tertiary/aromatic N) is 2. The van der Waals surface area contributed by atoms with Gasteiger partial charge in [0, 0.05) is 12.1 Å². The van der Waals surface area contributed by atoms with Gasteiger partial charge in [0.25, 0.3) is 0 Å². The van der Waals surface area contributed by atoms with E-state index in [9.17, 15) is 4.79 Å². The molecule has 0 fully saturated rings. The van der Waals surface area contributed by atoms with Crippen LogP contribution in [0.15, 0.2) is 59.1 Å². The molecule has 3 rings (SSSR count). The van der Waals surface area contributed by atoms with Gasteiger partial charge in [0.05, 0.1) is 13.5 Å². The molecular formula is C19H19N3O3. The molecule has 1 aromatic heterocycles. The van der Waals surface area contributed by atoms with Crippen LogP contribution in [-0.2, 0) is 24.1 Å². The normalized spacial score (nSPS) is 10.4. The van der Waals surface area contributed by atoms with Gasteiger partial charge >= 0.3 is 0 Å². The Balaban J connectivity index is 1.50. The third-order valence-electron chi connectivity index (χ3n) is 3.67. The van der Waals surface area contributed by atoms with Crippen molar-refractivity contribution in [2.75, 3.05) is 12.4 Å². The molecule has 0 aliphatic heterocycles. The highest BCUT2D eigenvalue weighted by Gasteiger charge is 2.11. The average molecular weight is 337 g/mol. The zero-order chi connectivity index (χ0) is 17.5. The standard InChI is InChI=1S/C19H19N3O3/c1-24-16-10-7-14(8-11-16)9-12-19-21-17(22-25-19)13-18(23)20-15-5-3-2-4-6-15/h2-8,10-11H,9,12-13H2,1H3,(H,20,23). The van der Waals surface area contributed by atoms with Crippen LogP contribution in [0.3, 0.4) is 0 Å². The molecule has 1 N–H and O–H groups in total. The third kappa shape index (κ3) is 4.91. The van der Waals surface area contributed by atoms with Crippen LogP contribution < -0.4 is 10.1 Å². The molecule has 6 heteroatoms. The summed E-state index contributed by atoms with van der Waals surface area (Å²) in [5, 5.41) is 6.67. The lowest BCUT2D eigenvalue weighted by Gasteiger charge is -2.02. The molecule has 0 aliphatic carbocycles. The molecule has 0 unspecified atom stereocenters. The minimum atomic E-state index is -0.172. The summed E-state index contributed by atoms with van der Waals surface area (Å²) in [5.41, 5.74) is 1.90. The largest absolute Gasteiger partial charge is 0.497 e. The number of benzene rings is 2. The molecule has 3 aromatic rings. The van der Waals surface area contributed by atoms with Crippen molar-refractivity contribution in [1.82, 2.24) is 10.1 Å². The van der Waals surface area contributed by atoms with Gasteiger partial charge in [-0.3, -0.25) is 4.79 Å². The van der Waals surface area contributed by atoms with Gasteiger partial charge in [-0.1, -0.05) is 35.5 Å². The van der Waals surface area contributed by atoms with E-state index in [0.717, 1.165) is 23.4 Å². The molecule has 128 valence electrons. The van der Waals surface area contributed by atoms with E-state index in [1.54, 1.807) is 7.11 Å². The maximum atomic E-state index is 12.0. The molecule has 1 heterocycles. The van der Waals surface area contributed by atoms with Gasteiger partial charge in [0.15, 0.2) is 5.82 Å². The predicted octanol–water partition coefficient (Wildman–Crippen LogP) is 3.04. The van der Waals surface area contributed by atoms with Gasteiger partial charge < -0.3 is 14.6 Å². The van der Waals surface area contributed by atoms with Crippen molar-refractivity contribution in [3.63, 3.8) is 0 Å². The zero-order valence-corrected chi connectivity index (χ0v) is 13.9. The molecule has 25 heavy (non-hydrogen) atoms. The smallest absolute Gasteiger partial charge is 0.232 e. The maximum absolute atomic E-state index is 12.0. The Kier molecular flexibility index (Phi) is 5.41. The highest BCUT2D eigenvalue weighted by molar-refractivity contribution is 5.91. The Morgan fingerprint density at radius 1 is 1.08 bits per heavy atom. The lowest BCUT2D eigenvalue weighted by molar-refractivity contribution is -0.115. The second-order valence-electron chi connectivity index (χ2n) is 5.54. The first kappa shape index (κ1) is 16.7. The summed E-state index contributed by atoms with van der Waals surface area (Å²) in [7, 11) is 1.64. The molecule has 0 saturated carbocycles. The Morgan fingerprint density at radius 3 is 2.56 bits per heavy atom. The molecule has 6 nitrogen and oxygen atoms in total. The maximum Gasteiger partial charge on any atom is 0.232 e. The Labute approximate surface area is 145 Å². The number of nitrogens with one attached hydrogen (secondary N) is 1. The summed E-state index contributed by atoms with van der Waals surface area (Å²) < 4.78 is 10.4. The fraction of sp³-hybridized carbons (Fsp3) is 0.211. The number of carbonyl (C=O) groups is 1. The number of aryl methyl sites for hydroxylation is 2. The number of methoxy groups -OCH3 is 1. The Hall–Kier alpha value is -3.15. The van der Waals surface area contributed by atoms with Crippen molar-refractivity contribution >= 4 is 11.6 Å². The van der Waals surface area contributed by atoms with E-state index in [-0.39, 0.29) is 12.3 Å². The van der Waals surface area contributed by atoms with Crippen molar-refractivity contribution in [2.45, 2.75) is 19.3 Å². The quantitative estimate of drug-likeness (QED) is 0.717. The van der Waals surface area contributed by atoms with Crippen LogP contribution in [0.25, 0.3) is 0 Å². The molecule has 0 radical (unpaired) electrons. The van der Waals surface area contributed by atoms with E-state index in [1.165, 1.54) is 0 Å². The van der Waals surface area contributed by atoms with Gasteiger partial charge in [-0.2, -0.15) is 4.98 Å². The van der Waals surface area contributed by atoms with Crippen LogP contribution in [0.4, 0.5) is 5.69 Å². The van der Waals surface area contributed by atoms with Crippen LogP contribution in [0.1, 0.15) is 17.3 Å². The van der Waals surface area contributed by atoms with E-state index in [0.29, 0.717) is 18.1 Å². The van der Waals surface area contributed by atoms with Gasteiger partial charge in [0.1, 0.15) is 5.75 Å². The first-order valence-electron chi connectivity index (χ1n) is 8.02. The Morgan fingerprint density at radius 2 is 1.84 bits per heavy atom. The van der Waals surface area contributed by atoms with Crippen LogP contribution in [0.2, 0.25) is 0 Å². The monoisotopic (exact) mass is 337 g/mol. The average Bonchev–Trinajstić information content (AvgIpc) is 3.08. The highest BCUT2D eigenvalue weighted by atomic mass is 16.5. The third-order valence-corrected chi connectivity index (χ3v) is 3.67. The van der Waals surface area contributed by atoms with Crippen LogP contribution >= 0.6 is 0 Å². The number of amides is 1. The SMILES string of the molecule is COc1ccc(CCc2nc(CC(=O)Nc3ccccc3)no2)cc1. The summed E-state index contributed by atoms with van der Waals surface area (Å²) in [6.45, 7) is 0. The van der Waals surface area contributed by atoms with Crippen molar-refractivity contribution < 1.29 is 14.1 Å². The number of ether oxygens (including phenoxy) is 1. The predicted molar refractivity (Wildman–Crippen MR) is 93.5 cm³/mol. The molecular weight excluding hydrogens is 318 g/mol.